The number of thiazole rings is 1. The van der Waals surface area contributed by atoms with Crippen LogP contribution in [-0.2, 0) is 19.0 Å². The molecule has 1 atom stereocenters. The summed E-state index contributed by atoms with van der Waals surface area (Å²) >= 11 is 1.50. The van der Waals surface area contributed by atoms with Crippen molar-refractivity contribution < 1.29 is 28.5 Å². The molecule has 1 fully saturated rings. The Morgan fingerprint density at radius 2 is 1.89 bits per heavy atom. The Balaban J connectivity index is 1.41. The Hall–Kier alpha value is -2.53. The van der Waals surface area contributed by atoms with Crippen LogP contribution in [-0.4, -0.2) is 82.0 Å². The molecular formula is C25H35N3O6S. The highest BCUT2D eigenvalue weighted by Crippen LogP contribution is 2.30. The van der Waals surface area contributed by atoms with Crippen molar-refractivity contribution in [3.8, 4) is 5.75 Å². The van der Waals surface area contributed by atoms with Crippen LogP contribution in [0.5, 0.6) is 5.75 Å². The van der Waals surface area contributed by atoms with E-state index in [-0.39, 0.29) is 30.4 Å². The van der Waals surface area contributed by atoms with Crippen LogP contribution in [0.4, 0.5) is 0 Å². The summed E-state index contributed by atoms with van der Waals surface area (Å²) in [5.74, 6) is 0.796. The lowest BCUT2D eigenvalue weighted by Gasteiger charge is -2.31. The number of aromatic nitrogens is 1. The molecule has 9 nitrogen and oxygen atoms in total. The first-order valence-corrected chi connectivity index (χ1v) is 12.7. The number of hydrogen-bond donors (Lipinski definition) is 1. The van der Waals surface area contributed by atoms with E-state index in [1.54, 1.807) is 14.2 Å². The minimum Gasteiger partial charge on any atom is -0.497 e. The van der Waals surface area contributed by atoms with Gasteiger partial charge in [0.2, 0.25) is 5.91 Å². The fourth-order valence-corrected chi connectivity index (χ4v) is 4.80. The number of carbonyl (C=O) groups is 2. The summed E-state index contributed by atoms with van der Waals surface area (Å²) in [6.45, 7) is 5.19. The highest BCUT2D eigenvalue weighted by molar-refractivity contribution is 7.09. The summed E-state index contributed by atoms with van der Waals surface area (Å²) in [4.78, 5) is 31.6. The van der Waals surface area contributed by atoms with Crippen LogP contribution < -0.4 is 10.1 Å². The number of nitrogens with zero attached hydrogens (tertiary/aromatic N) is 2. The average Bonchev–Trinajstić information content (AvgIpc) is 3.39. The van der Waals surface area contributed by atoms with Crippen molar-refractivity contribution in [3.63, 3.8) is 0 Å². The van der Waals surface area contributed by atoms with Gasteiger partial charge in [-0.3, -0.25) is 9.59 Å². The molecule has 192 valence electrons. The van der Waals surface area contributed by atoms with Gasteiger partial charge in [-0.2, -0.15) is 0 Å². The number of piperidine rings is 1. The molecular weight excluding hydrogens is 470 g/mol. The van der Waals surface area contributed by atoms with Crippen molar-refractivity contribution in [2.75, 3.05) is 60.3 Å². The smallest absolute Gasteiger partial charge is 0.271 e. The summed E-state index contributed by atoms with van der Waals surface area (Å²) in [6.07, 6.45) is 1.64. The largest absolute Gasteiger partial charge is 0.497 e. The van der Waals surface area contributed by atoms with Crippen LogP contribution in [0, 0.1) is 0 Å². The molecule has 0 spiro atoms. The molecule has 2 aromatic rings. The van der Waals surface area contributed by atoms with Crippen LogP contribution in [0.15, 0.2) is 29.6 Å². The zero-order chi connectivity index (χ0) is 25.0. The van der Waals surface area contributed by atoms with E-state index in [1.807, 2.05) is 41.5 Å². The van der Waals surface area contributed by atoms with Crippen LogP contribution in [0.25, 0.3) is 0 Å². The van der Waals surface area contributed by atoms with Gasteiger partial charge < -0.3 is 29.2 Å². The summed E-state index contributed by atoms with van der Waals surface area (Å²) < 4.78 is 20.9. The van der Waals surface area contributed by atoms with Crippen LogP contribution in [0.1, 0.15) is 52.8 Å². The molecule has 2 amide bonds. The van der Waals surface area contributed by atoms with E-state index in [2.05, 4.69) is 10.3 Å². The molecule has 0 bridgehead atoms. The minimum absolute atomic E-state index is 0.00826. The second-order valence-corrected chi connectivity index (χ2v) is 9.25. The van der Waals surface area contributed by atoms with Gasteiger partial charge in [0.25, 0.3) is 5.91 Å². The number of ether oxygens (including phenoxy) is 4. The zero-order valence-corrected chi connectivity index (χ0v) is 21.5. The number of amides is 2. The molecule has 1 N–H and O–H groups in total. The third-order valence-corrected chi connectivity index (χ3v) is 6.93. The fraction of sp³-hybridized carbons (Fsp3) is 0.560. The van der Waals surface area contributed by atoms with Crippen LogP contribution in [0.3, 0.4) is 0 Å². The van der Waals surface area contributed by atoms with E-state index in [9.17, 15) is 9.59 Å². The average molecular weight is 506 g/mol. The van der Waals surface area contributed by atoms with Gasteiger partial charge in [0, 0.05) is 31.5 Å². The van der Waals surface area contributed by atoms with E-state index in [0.717, 1.165) is 29.2 Å². The number of benzene rings is 1. The number of hydrogen-bond acceptors (Lipinski definition) is 8. The Labute approximate surface area is 210 Å². The number of methoxy groups -OCH3 is 2. The highest BCUT2D eigenvalue weighted by Gasteiger charge is 2.26. The molecule has 1 aliphatic heterocycles. The zero-order valence-electron chi connectivity index (χ0n) is 20.7. The van der Waals surface area contributed by atoms with E-state index < -0.39 is 0 Å². The molecule has 2 heterocycles. The molecule has 35 heavy (non-hydrogen) atoms. The lowest BCUT2D eigenvalue weighted by molar-refractivity contribution is -0.137. The minimum atomic E-state index is -0.196. The van der Waals surface area contributed by atoms with Gasteiger partial charge in [0.1, 0.15) is 18.1 Å². The van der Waals surface area contributed by atoms with Gasteiger partial charge in [0.15, 0.2) is 0 Å². The summed E-state index contributed by atoms with van der Waals surface area (Å²) in [5, 5.41) is 5.76. The summed E-state index contributed by atoms with van der Waals surface area (Å²) in [7, 11) is 3.24. The molecule has 0 aliphatic carbocycles. The number of nitrogens with one attached hydrogen (secondary N) is 1. The standard InChI is InChI=1S/C25H35N3O6S/c1-18(20-5-4-6-21(15-20)32-3)26-24(30)22-17-35-25(27-22)19-7-9-28(10-8-19)23(29)16-34-14-13-33-12-11-31-2/h4-6,15,17-19H,7-14,16H2,1-3H3,(H,26,30). The Morgan fingerprint density at radius 3 is 2.63 bits per heavy atom. The van der Waals surface area contributed by atoms with Crippen molar-refractivity contribution in [2.24, 2.45) is 0 Å². The number of likely N-dealkylation sites (tertiary alicyclic amines) is 1. The van der Waals surface area contributed by atoms with Crippen molar-refractivity contribution in [2.45, 2.75) is 31.7 Å². The van der Waals surface area contributed by atoms with Gasteiger partial charge in [-0.25, -0.2) is 4.98 Å². The predicted molar refractivity (Wildman–Crippen MR) is 133 cm³/mol. The summed E-state index contributed by atoms with van der Waals surface area (Å²) in [6, 6.07) is 7.47. The third kappa shape index (κ3) is 8.28. The SMILES string of the molecule is COCCOCCOCC(=O)N1CCC(c2nc(C(=O)NC(C)c3cccc(OC)c3)cs2)CC1. The van der Waals surface area contributed by atoms with E-state index in [1.165, 1.54) is 11.3 Å². The molecule has 0 radical (unpaired) electrons. The molecule has 1 aliphatic rings. The van der Waals surface area contributed by atoms with Gasteiger partial charge >= 0.3 is 0 Å². The second-order valence-electron chi connectivity index (χ2n) is 8.36. The normalized spacial score (nSPS) is 15.1. The molecule has 1 aromatic heterocycles. The van der Waals surface area contributed by atoms with Gasteiger partial charge in [-0.05, 0) is 37.5 Å². The third-order valence-electron chi connectivity index (χ3n) is 5.92. The van der Waals surface area contributed by atoms with Crippen molar-refractivity contribution in [3.05, 3.63) is 45.9 Å². The van der Waals surface area contributed by atoms with Gasteiger partial charge in [0.05, 0.1) is 44.6 Å². The first-order chi connectivity index (χ1) is 17.0. The van der Waals surface area contributed by atoms with Crippen molar-refractivity contribution >= 4 is 23.2 Å². The van der Waals surface area contributed by atoms with Crippen molar-refractivity contribution in [1.29, 1.82) is 0 Å². The van der Waals surface area contributed by atoms with Crippen LogP contribution in [0.2, 0.25) is 0 Å². The molecule has 0 saturated carbocycles. The Morgan fingerprint density at radius 1 is 1.14 bits per heavy atom. The second kappa shape index (κ2) is 14.1. The van der Waals surface area contributed by atoms with E-state index >= 15 is 0 Å². The monoisotopic (exact) mass is 505 g/mol. The molecule has 1 aromatic carbocycles. The maximum Gasteiger partial charge on any atom is 0.271 e. The molecule has 10 heteroatoms. The lowest BCUT2D eigenvalue weighted by atomic mass is 9.97. The van der Waals surface area contributed by atoms with E-state index in [0.29, 0.717) is 45.2 Å². The molecule has 1 saturated heterocycles. The molecule has 3 rings (SSSR count). The van der Waals surface area contributed by atoms with Gasteiger partial charge in [-0.1, -0.05) is 12.1 Å². The van der Waals surface area contributed by atoms with Gasteiger partial charge in [-0.15, -0.1) is 11.3 Å². The quantitative estimate of drug-likeness (QED) is 0.418. The van der Waals surface area contributed by atoms with Crippen LogP contribution >= 0.6 is 11.3 Å². The maximum absolute atomic E-state index is 12.7. The first kappa shape index (κ1) is 27.1. The van der Waals surface area contributed by atoms with E-state index in [4.69, 9.17) is 18.9 Å². The fourth-order valence-electron chi connectivity index (χ4n) is 3.83. The Kier molecular flexibility index (Phi) is 10.9. The predicted octanol–water partition coefficient (Wildman–Crippen LogP) is 3.03. The number of carbonyl (C=O) groups excluding carboxylic acids is 2. The topological polar surface area (TPSA) is 99.2 Å². The first-order valence-electron chi connectivity index (χ1n) is 11.8. The highest BCUT2D eigenvalue weighted by atomic mass is 32.1. The lowest BCUT2D eigenvalue weighted by Crippen LogP contribution is -2.40. The number of rotatable bonds is 13. The Bertz CT molecular complexity index is 945. The van der Waals surface area contributed by atoms with Crippen molar-refractivity contribution in [1.82, 2.24) is 15.2 Å². The summed E-state index contributed by atoms with van der Waals surface area (Å²) in [5.41, 5.74) is 1.40. The molecule has 1 unspecified atom stereocenters. The maximum atomic E-state index is 12.7.